The summed E-state index contributed by atoms with van der Waals surface area (Å²) >= 11 is 7.57. The number of aromatic nitrogens is 1. The molecule has 1 aromatic heterocycles. The number of alkyl halides is 2. The summed E-state index contributed by atoms with van der Waals surface area (Å²) in [5, 5.41) is 7.57. The van der Waals surface area contributed by atoms with Crippen LogP contribution in [0.3, 0.4) is 0 Å². The van der Waals surface area contributed by atoms with Gasteiger partial charge in [0, 0.05) is 35.3 Å². The van der Waals surface area contributed by atoms with Gasteiger partial charge in [0.1, 0.15) is 10.8 Å². The highest BCUT2D eigenvalue weighted by molar-refractivity contribution is 7.11. The minimum Gasteiger partial charge on any atom is -0.434 e. The number of aryl methyl sites for hydroxylation is 1. The van der Waals surface area contributed by atoms with Crippen molar-refractivity contribution >= 4 is 28.9 Å². The van der Waals surface area contributed by atoms with Crippen molar-refractivity contribution in [2.75, 3.05) is 7.05 Å². The third kappa shape index (κ3) is 6.13. The molecule has 0 aliphatic carbocycles. The maximum Gasteiger partial charge on any atom is 0.387 e. The van der Waals surface area contributed by atoms with Gasteiger partial charge >= 0.3 is 6.61 Å². The normalized spacial score (nSPS) is 11.7. The Hall–Kier alpha value is -1.93. The Bertz CT molecular complexity index is 724. The molecule has 5 nitrogen and oxygen atoms in total. The van der Waals surface area contributed by atoms with Gasteiger partial charge < -0.3 is 15.4 Å². The molecule has 1 heterocycles. The summed E-state index contributed by atoms with van der Waals surface area (Å²) in [5.74, 6) is 0.603. The molecule has 136 valence electrons. The molecule has 2 N–H and O–H groups in total. The van der Waals surface area contributed by atoms with Crippen LogP contribution in [-0.4, -0.2) is 24.6 Å². The second-order valence-electron chi connectivity index (χ2n) is 4.98. The zero-order valence-electron chi connectivity index (χ0n) is 13.9. The Morgan fingerprint density at radius 3 is 2.76 bits per heavy atom. The Morgan fingerprint density at radius 2 is 2.12 bits per heavy atom. The van der Waals surface area contributed by atoms with E-state index in [4.69, 9.17) is 11.6 Å². The van der Waals surface area contributed by atoms with E-state index in [2.05, 4.69) is 32.3 Å². The predicted molar refractivity (Wildman–Crippen MR) is 96.6 cm³/mol. The highest BCUT2D eigenvalue weighted by atomic mass is 35.5. The van der Waals surface area contributed by atoms with Crippen LogP contribution in [0.5, 0.6) is 5.75 Å². The lowest BCUT2D eigenvalue weighted by molar-refractivity contribution is -0.0504. The molecule has 0 saturated heterocycles. The first-order valence-electron chi connectivity index (χ1n) is 7.63. The van der Waals surface area contributed by atoms with Crippen LogP contribution >= 0.6 is 22.9 Å². The predicted octanol–water partition coefficient (Wildman–Crippen LogP) is 3.83. The SMILES string of the molecule is CCc1cnc(CNC(=NC)NCc2cc(Cl)ccc2OC(F)F)s1. The molecular formula is C16H19ClF2N4OS. The number of aliphatic imine (C=N–C) groups is 1. The lowest BCUT2D eigenvalue weighted by atomic mass is 10.2. The quantitative estimate of drug-likeness (QED) is 0.559. The third-order valence-corrected chi connectivity index (χ3v) is 4.64. The van der Waals surface area contributed by atoms with Gasteiger partial charge in [0.25, 0.3) is 0 Å². The van der Waals surface area contributed by atoms with Gasteiger partial charge in [-0.15, -0.1) is 11.3 Å². The van der Waals surface area contributed by atoms with Gasteiger partial charge in [0.15, 0.2) is 5.96 Å². The summed E-state index contributed by atoms with van der Waals surface area (Å²) in [6.07, 6.45) is 2.81. The zero-order valence-corrected chi connectivity index (χ0v) is 15.4. The largest absolute Gasteiger partial charge is 0.434 e. The van der Waals surface area contributed by atoms with Gasteiger partial charge in [0.2, 0.25) is 0 Å². The minimum absolute atomic E-state index is 0.0786. The van der Waals surface area contributed by atoms with Crippen molar-refractivity contribution in [2.24, 2.45) is 4.99 Å². The molecule has 2 rings (SSSR count). The highest BCUT2D eigenvalue weighted by Gasteiger charge is 2.11. The fourth-order valence-corrected chi connectivity index (χ4v) is 3.05. The molecule has 0 radical (unpaired) electrons. The Morgan fingerprint density at radius 1 is 1.36 bits per heavy atom. The molecule has 0 bridgehead atoms. The van der Waals surface area contributed by atoms with E-state index in [-0.39, 0.29) is 12.3 Å². The van der Waals surface area contributed by atoms with Crippen LogP contribution < -0.4 is 15.4 Å². The van der Waals surface area contributed by atoms with E-state index in [0.717, 1.165) is 11.4 Å². The second-order valence-corrected chi connectivity index (χ2v) is 6.62. The van der Waals surface area contributed by atoms with Crippen molar-refractivity contribution in [3.05, 3.63) is 44.9 Å². The number of halogens is 3. The van der Waals surface area contributed by atoms with Gasteiger partial charge in [-0.1, -0.05) is 18.5 Å². The topological polar surface area (TPSA) is 58.5 Å². The Balaban J connectivity index is 1.95. The van der Waals surface area contributed by atoms with Gasteiger partial charge in [-0.2, -0.15) is 8.78 Å². The molecule has 1 aromatic carbocycles. The minimum atomic E-state index is -2.89. The number of benzene rings is 1. The van der Waals surface area contributed by atoms with Gasteiger partial charge in [-0.25, -0.2) is 4.98 Å². The molecule has 0 unspecified atom stereocenters. The highest BCUT2D eigenvalue weighted by Crippen LogP contribution is 2.24. The van der Waals surface area contributed by atoms with E-state index in [1.807, 2.05) is 6.20 Å². The van der Waals surface area contributed by atoms with Crippen LogP contribution in [0.1, 0.15) is 22.4 Å². The van der Waals surface area contributed by atoms with E-state index < -0.39 is 6.61 Å². The van der Waals surface area contributed by atoms with E-state index in [1.165, 1.54) is 17.0 Å². The van der Waals surface area contributed by atoms with Crippen LogP contribution in [0, 0.1) is 0 Å². The van der Waals surface area contributed by atoms with Gasteiger partial charge in [0.05, 0.1) is 6.54 Å². The van der Waals surface area contributed by atoms with Crippen LogP contribution in [-0.2, 0) is 19.5 Å². The first kappa shape index (κ1) is 19.4. The molecule has 0 spiro atoms. The summed E-state index contributed by atoms with van der Waals surface area (Å²) in [7, 11) is 1.63. The monoisotopic (exact) mass is 388 g/mol. The molecule has 25 heavy (non-hydrogen) atoms. The van der Waals surface area contributed by atoms with Crippen molar-refractivity contribution in [3.63, 3.8) is 0 Å². The molecule has 0 atom stereocenters. The first-order valence-corrected chi connectivity index (χ1v) is 8.82. The second kappa shape index (κ2) is 9.53. The molecule has 0 fully saturated rings. The summed E-state index contributed by atoms with van der Waals surface area (Å²) in [6.45, 7) is -0.0503. The summed E-state index contributed by atoms with van der Waals surface area (Å²) in [5.41, 5.74) is 0.512. The number of ether oxygens (including phenoxy) is 1. The number of nitrogens with zero attached hydrogens (tertiary/aromatic N) is 2. The van der Waals surface area contributed by atoms with Gasteiger partial charge in [-0.05, 0) is 24.6 Å². The number of guanidine groups is 1. The van der Waals surface area contributed by atoms with Crippen molar-refractivity contribution in [3.8, 4) is 5.75 Å². The first-order chi connectivity index (χ1) is 12.0. The van der Waals surface area contributed by atoms with E-state index in [9.17, 15) is 8.78 Å². The number of hydrogen-bond acceptors (Lipinski definition) is 4. The molecule has 0 aliphatic heterocycles. The standard InChI is InChI=1S/C16H19ClF2N4OS/c1-3-12-8-21-14(25-12)9-23-16(20-2)22-7-10-6-11(17)4-5-13(10)24-15(18)19/h4-6,8,15H,3,7,9H2,1-2H3,(H2,20,22,23). The molecular weight excluding hydrogens is 370 g/mol. The maximum absolute atomic E-state index is 12.5. The average Bonchev–Trinajstić information content (AvgIpc) is 3.05. The molecule has 0 amide bonds. The van der Waals surface area contributed by atoms with E-state index in [1.54, 1.807) is 24.5 Å². The van der Waals surface area contributed by atoms with Crippen LogP contribution in [0.15, 0.2) is 29.4 Å². The summed E-state index contributed by atoms with van der Waals surface area (Å²) in [6, 6.07) is 4.50. The lowest BCUT2D eigenvalue weighted by Gasteiger charge is -2.14. The lowest BCUT2D eigenvalue weighted by Crippen LogP contribution is -2.36. The van der Waals surface area contributed by atoms with Crippen molar-refractivity contribution in [1.82, 2.24) is 15.6 Å². The van der Waals surface area contributed by atoms with Crippen LogP contribution in [0.4, 0.5) is 8.78 Å². The van der Waals surface area contributed by atoms with Crippen LogP contribution in [0.2, 0.25) is 5.02 Å². The molecule has 0 aliphatic rings. The Kier molecular flexibility index (Phi) is 7.39. The smallest absolute Gasteiger partial charge is 0.387 e. The third-order valence-electron chi connectivity index (χ3n) is 3.27. The van der Waals surface area contributed by atoms with Crippen LogP contribution in [0.25, 0.3) is 0 Å². The number of rotatable bonds is 7. The zero-order chi connectivity index (χ0) is 18.2. The van der Waals surface area contributed by atoms with E-state index in [0.29, 0.717) is 23.1 Å². The molecule has 0 saturated carbocycles. The molecule has 9 heteroatoms. The van der Waals surface area contributed by atoms with Gasteiger partial charge in [-0.3, -0.25) is 4.99 Å². The Labute approximate surface area is 154 Å². The maximum atomic E-state index is 12.5. The fraction of sp³-hybridized carbons (Fsp3) is 0.375. The number of hydrogen-bond donors (Lipinski definition) is 2. The fourth-order valence-electron chi connectivity index (χ4n) is 2.05. The van der Waals surface area contributed by atoms with Crippen molar-refractivity contribution in [1.29, 1.82) is 0 Å². The summed E-state index contributed by atoms with van der Waals surface area (Å²) < 4.78 is 29.5. The number of thiazole rings is 1. The van der Waals surface area contributed by atoms with Crippen molar-refractivity contribution < 1.29 is 13.5 Å². The van der Waals surface area contributed by atoms with Crippen molar-refractivity contribution in [2.45, 2.75) is 33.0 Å². The van der Waals surface area contributed by atoms with E-state index >= 15 is 0 Å². The molecule has 2 aromatic rings. The summed E-state index contributed by atoms with van der Waals surface area (Å²) in [4.78, 5) is 9.65. The average molecular weight is 389 g/mol. The number of nitrogens with one attached hydrogen (secondary N) is 2.